The topological polar surface area (TPSA) is 12.9 Å². The molecule has 0 aliphatic heterocycles. The van der Waals surface area contributed by atoms with Gasteiger partial charge in [-0.15, -0.1) is 0 Å². The van der Waals surface area contributed by atoms with E-state index in [1.54, 1.807) is 0 Å². The Morgan fingerprint density at radius 3 is 2.36 bits per heavy atom. The van der Waals surface area contributed by atoms with Crippen LogP contribution in [0.25, 0.3) is 11.1 Å². The number of rotatable bonds is 1. The summed E-state index contributed by atoms with van der Waals surface area (Å²) in [5.41, 5.74) is 0.988. The molecule has 69 valence electrons. The van der Waals surface area contributed by atoms with Crippen LogP contribution >= 0.6 is 0 Å². The van der Waals surface area contributed by atoms with Gasteiger partial charge in [-0.1, -0.05) is 12.1 Å². The number of hydrogen-bond acceptors (Lipinski definition) is 1. The molecule has 0 saturated carbocycles. The smallest absolute Gasteiger partial charge is 0.158 e. The fourth-order valence-electron chi connectivity index (χ4n) is 1.19. The average Bonchev–Trinajstić information content (AvgIpc) is 2.20. The first-order valence-electron chi connectivity index (χ1n) is 4.05. The molecular formula is C11H6F2N. The summed E-state index contributed by atoms with van der Waals surface area (Å²) < 4.78 is 25.8. The lowest BCUT2D eigenvalue weighted by molar-refractivity contribution is 0.620. The largest absolute Gasteiger partial charge is 0.251 e. The van der Waals surface area contributed by atoms with Crippen LogP contribution in [0, 0.1) is 17.8 Å². The van der Waals surface area contributed by atoms with Gasteiger partial charge >= 0.3 is 0 Å². The van der Waals surface area contributed by atoms with Gasteiger partial charge in [0.05, 0.1) is 0 Å². The van der Waals surface area contributed by atoms with E-state index in [-0.39, 0.29) is 5.82 Å². The maximum atomic E-state index is 13.2. The fraction of sp³-hybridized carbons (Fsp3) is 0. The van der Waals surface area contributed by atoms with Gasteiger partial charge in [-0.3, -0.25) is 4.98 Å². The molecule has 0 aliphatic rings. The van der Waals surface area contributed by atoms with Crippen molar-refractivity contribution in [1.29, 1.82) is 0 Å². The van der Waals surface area contributed by atoms with Crippen molar-refractivity contribution < 1.29 is 8.78 Å². The third kappa shape index (κ3) is 1.62. The maximum Gasteiger partial charge on any atom is 0.158 e. The van der Waals surface area contributed by atoms with Crippen LogP contribution in [0.15, 0.2) is 36.5 Å². The summed E-state index contributed by atoms with van der Waals surface area (Å²) in [6, 6.07) is 7.13. The lowest BCUT2D eigenvalue weighted by atomic mass is 10.1. The molecule has 1 nitrogen and oxygen atoms in total. The SMILES string of the molecule is Fc1ccc(-c2ccn[c]c2F)cc1. The molecule has 3 heteroatoms. The third-order valence-electron chi connectivity index (χ3n) is 1.87. The zero-order valence-corrected chi connectivity index (χ0v) is 7.17. The van der Waals surface area contributed by atoms with Crippen molar-refractivity contribution in [3.8, 4) is 11.1 Å². The normalized spacial score (nSPS) is 10.1. The monoisotopic (exact) mass is 190 g/mol. The highest BCUT2D eigenvalue weighted by Crippen LogP contribution is 2.21. The van der Waals surface area contributed by atoms with E-state index in [0.29, 0.717) is 11.1 Å². The molecule has 0 amide bonds. The molecule has 1 aromatic heterocycles. The van der Waals surface area contributed by atoms with E-state index < -0.39 is 5.82 Å². The van der Waals surface area contributed by atoms with Crippen molar-refractivity contribution in [2.75, 3.05) is 0 Å². The van der Waals surface area contributed by atoms with E-state index in [4.69, 9.17) is 0 Å². The van der Waals surface area contributed by atoms with Crippen molar-refractivity contribution in [2.45, 2.75) is 0 Å². The van der Waals surface area contributed by atoms with Crippen molar-refractivity contribution >= 4 is 0 Å². The van der Waals surface area contributed by atoms with Gasteiger partial charge in [-0.25, -0.2) is 8.78 Å². The van der Waals surface area contributed by atoms with Gasteiger partial charge in [-0.05, 0) is 23.8 Å². The quantitative estimate of drug-likeness (QED) is 0.673. The Hall–Kier alpha value is -1.77. The minimum atomic E-state index is -0.529. The van der Waals surface area contributed by atoms with Crippen molar-refractivity contribution in [3.63, 3.8) is 0 Å². The van der Waals surface area contributed by atoms with E-state index in [9.17, 15) is 8.78 Å². The summed E-state index contributed by atoms with van der Waals surface area (Å²) in [5.74, 6) is -0.869. The van der Waals surface area contributed by atoms with Gasteiger partial charge in [0.1, 0.15) is 12.0 Å². The van der Waals surface area contributed by atoms with E-state index in [2.05, 4.69) is 11.2 Å². The second kappa shape index (κ2) is 3.54. The lowest BCUT2D eigenvalue weighted by Gasteiger charge is -2.01. The zero-order valence-electron chi connectivity index (χ0n) is 7.17. The number of pyridine rings is 1. The number of hydrogen-bond donors (Lipinski definition) is 0. The zero-order chi connectivity index (χ0) is 9.97. The Bertz CT molecular complexity index is 437. The van der Waals surface area contributed by atoms with Gasteiger partial charge in [-0.2, -0.15) is 0 Å². The highest BCUT2D eigenvalue weighted by atomic mass is 19.1. The Morgan fingerprint density at radius 1 is 1.00 bits per heavy atom. The summed E-state index contributed by atoms with van der Waals surface area (Å²) >= 11 is 0. The summed E-state index contributed by atoms with van der Waals surface area (Å²) in [7, 11) is 0. The highest BCUT2D eigenvalue weighted by Gasteiger charge is 2.04. The first-order chi connectivity index (χ1) is 6.77. The van der Waals surface area contributed by atoms with Crippen molar-refractivity contribution in [2.24, 2.45) is 0 Å². The van der Waals surface area contributed by atoms with Crippen LogP contribution in [0.1, 0.15) is 0 Å². The number of benzene rings is 1. The minimum Gasteiger partial charge on any atom is -0.251 e. The van der Waals surface area contributed by atoms with Crippen LogP contribution in [0.4, 0.5) is 8.78 Å². The molecule has 14 heavy (non-hydrogen) atoms. The van der Waals surface area contributed by atoms with Gasteiger partial charge in [0.25, 0.3) is 0 Å². The molecule has 0 saturated heterocycles. The summed E-state index contributed by atoms with van der Waals surface area (Å²) in [4.78, 5) is 3.51. The van der Waals surface area contributed by atoms with Crippen LogP contribution < -0.4 is 0 Å². The first kappa shape index (κ1) is 8.81. The van der Waals surface area contributed by atoms with Crippen LogP contribution in [0.5, 0.6) is 0 Å². The molecule has 2 aromatic rings. The van der Waals surface area contributed by atoms with Crippen LogP contribution in [-0.4, -0.2) is 4.98 Å². The Labute approximate surface area is 80.0 Å². The maximum absolute atomic E-state index is 13.2. The molecule has 1 radical (unpaired) electrons. The van der Waals surface area contributed by atoms with Gasteiger partial charge in [0, 0.05) is 11.8 Å². The lowest BCUT2D eigenvalue weighted by Crippen LogP contribution is -1.86. The molecule has 0 unspecified atom stereocenters. The number of aromatic nitrogens is 1. The summed E-state index contributed by atoms with van der Waals surface area (Å²) in [6.45, 7) is 0. The molecular weight excluding hydrogens is 184 g/mol. The Kier molecular flexibility index (Phi) is 2.23. The van der Waals surface area contributed by atoms with Crippen molar-refractivity contribution in [1.82, 2.24) is 4.98 Å². The second-order valence-corrected chi connectivity index (χ2v) is 2.79. The van der Waals surface area contributed by atoms with E-state index in [1.165, 1.54) is 36.5 Å². The van der Waals surface area contributed by atoms with Crippen molar-refractivity contribution in [3.05, 3.63) is 54.4 Å². The molecule has 1 heterocycles. The Balaban J connectivity index is 2.50. The van der Waals surface area contributed by atoms with Gasteiger partial charge in [0.15, 0.2) is 5.82 Å². The highest BCUT2D eigenvalue weighted by molar-refractivity contribution is 5.63. The molecule has 0 fully saturated rings. The standard InChI is InChI=1S/C11H6F2N/c12-9-3-1-8(2-4-9)10-5-6-14-7-11(10)13/h1-6H. The van der Waals surface area contributed by atoms with Crippen LogP contribution in [-0.2, 0) is 0 Å². The number of halogens is 2. The molecule has 0 spiro atoms. The predicted molar refractivity (Wildman–Crippen MR) is 48.4 cm³/mol. The molecule has 2 rings (SSSR count). The molecule has 0 aliphatic carbocycles. The van der Waals surface area contributed by atoms with Crippen LogP contribution in [0.2, 0.25) is 0 Å². The van der Waals surface area contributed by atoms with E-state index >= 15 is 0 Å². The second-order valence-electron chi connectivity index (χ2n) is 2.79. The average molecular weight is 190 g/mol. The van der Waals surface area contributed by atoms with E-state index in [0.717, 1.165) is 0 Å². The predicted octanol–water partition coefficient (Wildman–Crippen LogP) is 2.83. The van der Waals surface area contributed by atoms with Gasteiger partial charge < -0.3 is 0 Å². The molecule has 0 N–H and O–H groups in total. The molecule has 0 bridgehead atoms. The van der Waals surface area contributed by atoms with Gasteiger partial charge in [0.2, 0.25) is 0 Å². The summed E-state index contributed by atoms with van der Waals surface area (Å²) in [5, 5.41) is 0. The molecule has 0 atom stereocenters. The third-order valence-corrected chi connectivity index (χ3v) is 1.87. The molecule has 1 aromatic carbocycles. The minimum absolute atomic E-state index is 0.341. The summed E-state index contributed by atoms with van der Waals surface area (Å²) in [6.07, 6.45) is 3.65. The van der Waals surface area contributed by atoms with E-state index in [1.807, 2.05) is 0 Å². The first-order valence-corrected chi connectivity index (χ1v) is 4.05. The Morgan fingerprint density at radius 2 is 1.71 bits per heavy atom. The number of nitrogens with zero attached hydrogens (tertiary/aromatic N) is 1. The fourth-order valence-corrected chi connectivity index (χ4v) is 1.19. The van der Waals surface area contributed by atoms with Crippen LogP contribution in [0.3, 0.4) is 0 Å².